The zero-order valence-electron chi connectivity index (χ0n) is 12.3. The minimum Gasteiger partial charge on any atom is -0.260 e. The molecule has 0 spiro atoms. The standard InChI is InChI=1S/C14H30O2S2/c1-4-5-6-7-8-9-10-11-12-14(18(3)16)13-17(2)15/h14H,4-13H2,1-3H3. The Labute approximate surface area is 118 Å². The monoisotopic (exact) mass is 294 g/mol. The van der Waals surface area contributed by atoms with E-state index < -0.39 is 21.6 Å². The number of hydrogen-bond acceptors (Lipinski definition) is 2. The molecule has 0 rings (SSSR count). The minimum atomic E-state index is -0.828. The van der Waals surface area contributed by atoms with Crippen LogP contribution in [0.5, 0.6) is 0 Å². The second-order valence-electron chi connectivity index (χ2n) is 5.12. The molecule has 0 bridgehead atoms. The normalized spacial score (nSPS) is 16.4. The van der Waals surface area contributed by atoms with E-state index in [2.05, 4.69) is 6.92 Å². The quantitative estimate of drug-likeness (QED) is 0.515. The maximum absolute atomic E-state index is 11.5. The van der Waals surface area contributed by atoms with E-state index in [1.54, 1.807) is 12.5 Å². The van der Waals surface area contributed by atoms with E-state index in [0.29, 0.717) is 5.75 Å². The van der Waals surface area contributed by atoms with Crippen molar-refractivity contribution in [2.45, 2.75) is 70.0 Å². The SMILES string of the molecule is CCCCCCCCCCC(CS(C)=O)S(C)=O. The van der Waals surface area contributed by atoms with Crippen molar-refractivity contribution in [3.05, 3.63) is 0 Å². The van der Waals surface area contributed by atoms with E-state index in [4.69, 9.17) is 0 Å². The summed E-state index contributed by atoms with van der Waals surface area (Å²) in [4.78, 5) is 0. The van der Waals surface area contributed by atoms with Crippen molar-refractivity contribution in [1.82, 2.24) is 0 Å². The summed E-state index contributed by atoms with van der Waals surface area (Å²) in [7, 11) is -1.65. The van der Waals surface area contributed by atoms with Gasteiger partial charge in [0.2, 0.25) is 0 Å². The van der Waals surface area contributed by atoms with Gasteiger partial charge in [-0.3, -0.25) is 8.42 Å². The summed E-state index contributed by atoms with van der Waals surface area (Å²) < 4.78 is 22.7. The summed E-state index contributed by atoms with van der Waals surface area (Å²) in [6, 6.07) is 0. The fraction of sp³-hybridized carbons (Fsp3) is 1.00. The van der Waals surface area contributed by atoms with Gasteiger partial charge in [-0.1, -0.05) is 58.3 Å². The Morgan fingerprint density at radius 2 is 1.33 bits per heavy atom. The Morgan fingerprint density at radius 3 is 1.78 bits per heavy atom. The van der Waals surface area contributed by atoms with Crippen molar-refractivity contribution < 1.29 is 8.42 Å². The lowest BCUT2D eigenvalue weighted by Gasteiger charge is -2.12. The van der Waals surface area contributed by atoms with Gasteiger partial charge in [-0.15, -0.1) is 0 Å². The lowest BCUT2D eigenvalue weighted by atomic mass is 10.1. The third-order valence-electron chi connectivity index (χ3n) is 3.27. The van der Waals surface area contributed by atoms with Crippen LogP contribution in [0.4, 0.5) is 0 Å². The van der Waals surface area contributed by atoms with Gasteiger partial charge in [0.05, 0.1) is 0 Å². The Hall–Kier alpha value is 0.300. The second kappa shape index (κ2) is 12.3. The molecule has 0 aromatic carbocycles. The summed E-state index contributed by atoms with van der Waals surface area (Å²) in [5.74, 6) is 0.597. The molecular formula is C14H30O2S2. The summed E-state index contributed by atoms with van der Waals surface area (Å²) >= 11 is 0. The molecule has 4 heteroatoms. The van der Waals surface area contributed by atoms with E-state index in [0.717, 1.165) is 12.8 Å². The van der Waals surface area contributed by atoms with Crippen molar-refractivity contribution in [3.8, 4) is 0 Å². The predicted molar refractivity (Wildman–Crippen MR) is 84.0 cm³/mol. The maximum Gasteiger partial charge on any atom is 0.0460 e. The molecule has 2 nitrogen and oxygen atoms in total. The Kier molecular flexibility index (Phi) is 12.5. The molecule has 3 atom stereocenters. The molecule has 0 aliphatic heterocycles. The number of hydrogen-bond donors (Lipinski definition) is 0. The fourth-order valence-corrected chi connectivity index (χ4v) is 4.64. The van der Waals surface area contributed by atoms with Crippen LogP contribution < -0.4 is 0 Å². The molecule has 0 N–H and O–H groups in total. The molecule has 0 amide bonds. The van der Waals surface area contributed by atoms with Crippen LogP contribution in [0.3, 0.4) is 0 Å². The Balaban J connectivity index is 3.49. The summed E-state index contributed by atoms with van der Waals surface area (Å²) in [6.45, 7) is 2.24. The maximum atomic E-state index is 11.5. The van der Waals surface area contributed by atoms with Crippen molar-refractivity contribution in [2.24, 2.45) is 0 Å². The molecule has 0 fully saturated rings. The van der Waals surface area contributed by atoms with E-state index in [1.165, 1.54) is 44.9 Å². The smallest absolute Gasteiger partial charge is 0.0460 e. The van der Waals surface area contributed by atoms with Gasteiger partial charge < -0.3 is 0 Å². The van der Waals surface area contributed by atoms with Crippen molar-refractivity contribution in [1.29, 1.82) is 0 Å². The first-order valence-corrected chi connectivity index (χ1v) is 10.5. The van der Waals surface area contributed by atoms with Crippen molar-refractivity contribution in [2.75, 3.05) is 18.3 Å². The lowest BCUT2D eigenvalue weighted by Crippen LogP contribution is -2.21. The molecule has 3 unspecified atom stereocenters. The third kappa shape index (κ3) is 11.4. The van der Waals surface area contributed by atoms with Crippen molar-refractivity contribution in [3.63, 3.8) is 0 Å². The molecule has 0 aromatic heterocycles. The zero-order chi connectivity index (χ0) is 13.8. The molecule has 0 aliphatic carbocycles. The Morgan fingerprint density at radius 1 is 0.833 bits per heavy atom. The van der Waals surface area contributed by atoms with Gasteiger partial charge in [-0.05, 0) is 6.42 Å². The van der Waals surface area contributed by atoms with Gasteiger partial charge in [-0.25, -0.2) is 0 Å². The third-order valence-corrected chi connectivity index (χ3v) is 5.69. The van der Waals surface area contributed by atoms with Crippen LogP contribution in [-0.2, 0) is 21.6 Å². The van der Waals surface area contributed by atoms with Crippen LogP contribution in [-0.4, -0.2) is 31.9 Å². The van der Waals surface area contributed by atoms with E-state index in [-0.39, 0.29) is 5.25 Å². The van der Waals surface area contributed by atoms with Crippen LogP contribution >= 0.6 is 0 Å². The molecule has 110 valence electrons. The van der Waals surface area contributed by atoms with Crippen LogP contribution in [0.1, 0.15) is 64.7 Å². The van der Waals surface area contributed by atoms with Gasteiger partial charge in [0.25, 0.3) is 0 Å². The predicted octanol–water partition coefficient (Wildman–Crippen LogP) is 3.64. The van der Waals surface area contributed by atoms with Crippen LogP contribution in [0.25, 0.3) is 0 Å². The fourth-order valence-electron chi connectivity index (χ4n) is 2.11. The van der Waals surface area contributed by atoms with E-state index >= 15 is 0 Å². The highest BCUT2D eigenvalue weighted by Gasteiger charge is 2.14. The molecule has 0 aromatic rings. The largest absolute Gasteiger partial charge is 0.260 e. The van der Waals surface area contributed by atoms with Crippen molar-refractivity contribution >= 4 is 21.6 Å². The van der Waals surface area contributed by atoms with Gasteiger partial charge in [0, 0.05) is 45.1 Å². The average Bonchev–Trinajstić information content (AvgIpc) is 2.30. The van der Waals surface area contributed by atoms with Gasteiger partial charge in [0.15, 0.2) is 0 Å². The van der Waals surface area contributed by atoms with Crippen LogP contribution in [0, 0.1) is 0 Å². The number of unbranched alkanes of at least 4 members (excludes halogenated alkanes) is 7. The molecule has 0 saturated heterocycles. The molecule has 0 saturated carbocycles. The first-order valence-electron chi connectivity index (χ1n) is 7.20. The summed E-state index contributed by atoms with van der Waals surface area (Å²) in [5, 5.41) is 0.135. The highest BCUT2D eigenvalue weighted by molar-refractivity contribution is 7.88. The Bertz CT molecular complexity index is 242. The highest BCUT2D eigenvalue weighted by atomic mass is 32.2. The first kappa shape index (κ1) is 18.3. The summed E-state index contributed by atoms with van der Waals surface area (Å²) in [6.07, 6.45) is 14.8. The van der Waals surface area contributed by atoms with Gasteiger partial charge in [0.1, 0.15) is 0 Å². The van der Waals surface area contributed by atoms with E-state index in [1.807, 2.05) is 0 Å². The molecule has 0 heterocycles. The molecule has 0 radical (unpaired) electrons. The lowest BCUT2D eigenvalue weighted by molar-refractivity contribution is 0.561. The molecule has 18 heavy (non-hydrogen) atoms. The first-order chi connectivity index (χ1) is 8.57. The molecular weight excluding hydrogens is 264 g/mol. The van der Waals surface area contributed by atoms with E-state index in [9.17, 15) is 8.42 Å². The van der Waals surface area contributed by atoms with Crippen LogP contribution in [0.15, 0.2) is 0 Å². The van der Waals surface area contributed by atoms with Gasteiger partial charge in [-0.2, -0.15) is 0 Å². The van der Waals surface area contributed by atoms with Gasteiger partial charge >= 0.3 is 0 Å². The second-order valence-corrected chi connectivity index (χ2v) is 8.27. The van der Waals surface area contributed by atoms with Crippen LogP contribution in [0.2, 0.25) is 0 Å². The molecule has 0 aliphatic rings. The highest BCUT2D eigenvalue weighted by Crippen LogP contribution is 2.13. The summed E-state index contributed by atoms with van der Waals surface area (Å²) in [5.41, 5.74) is 0. The minimum absolute atomic E-state index is 0.135. The topological polar surface area (TPSA) is 34.1 Å². The average molecular weight is 295 g/mol. The number of rotatable bonds is 12. The zero-order valence-corrected chi connectivity index (χ0v) is 13.9.